The monoisotopic (exact) mass is 240 g/mol. The lowest BCUT2D eigenvalue weighted by Crippen LogP contribution is -2.28. The molecule has 2 aromatic rings. The van der Waals surface area contributed by atoms with Crippen LogP contribution in [-0.2, 0) is 0 Å². The Morgan fingerprint density at radius 2 is 1.50 bits per heavy atom. The second-order valence-electron chi connectivity index (χ2n) is 4.44. The molecular formula is C16H20N2. The molecule has 18 heavy (non-hydrogen) atoms. The van der Waals surface area contributed by atoms with Gasteiger partial charge in [-0.05, 0) is 30.7 Å². The van der Waals surface area contributed by atoms with E-state index in [2.05, 4.69) is 66.1 Å². The fraction of sp³-hybridized carbons (Fsp3) is 0.250. The first-order chi connectivity index (χ1) is 8.81. The van der Waals surface area contributed by atoms with E-state index in [0.29, 0.717) is 6.04 Å². The van der Waals surface area contributed by atoms with E-state index in [1.807, 2.05) is 13.1 Å². The van der Waals surface area contributed by atoms with Gasteiger partial charge in [0.15, 0.2) is 0 Å². The Labute approximate surface area is 109 Å². The number of hydrogen-bond acceptors (Lipinski definition) is 2. The van der Waals surface area contributed by atoms with E-state index < -0.39 is 0 Å². The van der Waals surface area contributed by atoms with Crippen LogP contribution in [0.15, 0.2) is 54.6 Å². The molecule has 2 heteroatoms. The van der Waals surface area contributed by atoms with E-state index in [9.17, 15) is 0 Å². The lowest BCUT2D eigenvalue weighted by Gasteiger charge is -2.14. The van der Waals surface area contributed by atoms with E-state index in [1.165, 1.54) is 16.7 Å². The van der Waals surface area contributed by atoms with E-state index >= 15 is 0 Å². The van der Waals surface area contributed by atoms with E-state index in [0.717, 1.165) is 6.67 Å². The first kappa shape index (κ1) is 12.8. The normalized spacial score (nSPS) is 12.3. The standard InChI is InChI=1S/C16H20N2/c1-13(18-12-17-2)14-8-10-16(11-9-14)15-6-4-3-5-7-15/h3-11,13,17-18H,12H2,1-2H3. The van der Waals surface area contributed by atoms with Crippen molar-refractivity contribution in [2.24, 2.45) is 0 Å². The summed E-state index contributed by atoms with van der Waals surface area (Å²) in [5.41, 5.74) is 3.84. The third-order valence-electron chi connectivity index (χ3n) is 3.10. The van der Waals surface area contributed by atoms with Crippen LogP contribution in [0.3, 0.4) is 0 Å². The number of rotatable bonds is 5. The van der Waals surface area contributed by atoms with Crippen molar-refractivity contribution in [3.63, 3.8) is 0 Å². The predicted octanol–water partition coefficient (Wildman–Crippen LogP) is 3.18. The van der Waals surface area contributed by atoms with Gasteiger partial charge in [-0.1, -0.05) is 54.6 Å². The first-order valence-electron chi connectivity index (χ1n) is 6.34. The highest BCUT2D eigenvalue weighted by Gasteiger charge is 2.04. The van der Waals surface area contributed by atoms with Crippen LogP contribution in [0, 0.1) is 0 Å². The molecule has 0 radical (unpaired) electrons. The molecule has 2 nitrogen and oxygen atoms in total. The second kappa shape index (κ2) is 6.34. The predicted molar refractivity (Wildman–Crippen MR) is 77.4 cm³/mol. The SMILES string of the molecule is CNCNC(C)c1ccc(-c2ccccc2)cc1. The van der Waals surface area contributed by atoms with Gasteiger partial charge < -0.3 is 5.32 Å². The van der Waals surface area contributed by atoms with Crippen LogP contribution in [0.1, 0.15) is 18.5 Å². The van der Waals surface area contributed by atoms with Crippen LogP contribution < -0.4 is 10.6 Å². The minimum Gasteiger partial charge on any atom is -0.308 e. The fourth-order valence-corrected chi connectivity index (χ4v) is 1.97. The maximum atomic E-state index is 3.40. The molecule has 1 unspecified atom stereocenters. The number of nitrogens with one attached hydrogen (secondary N) is 2. The average molecular weight is 240 g/mol. The largest absolute Gasteiger partial charge is 0.308 e. The van der Waals surface area contributed by atoms with Gasteiger partial charge in [0.2, 0.25) is 0 Å². The molecule has 0 heterocycles. The van der Waals surface area contributed by atoms with Crippen molar-refractivity contribution in [1.29, 1.82) is 0 Å². The summed E-state index contributed by atoms with van der Waals surface area (Å²) in [6.07, 6.45) is 0. The van der Waals surface area contributed by atoms with Crippen molar-refractivity contribution in [1.82, 2.24) is 10.6 Å². The number of hydrogen-bond donors (Lipinski definition) is 2. The maximum absolute atomic E-state index is 3.40. The van der Waals surface area contributed by atoms with Gasteiger partial charge in [-0.2, -0.15) is 0 Å². The summed E-state index contributed by atoms with van der Waals surface area (Å²) in [7, 11) is 1.94. The molecule has 0 aromatic heterocycles. The summed E-state index contributed by atoms with van der Waals surface area (Å²) in [5, 5.41) is 6.49. The van der Waals surface area contributed by atoms with Crippen molar-refractivity contribution in [3.8, 4) is 11.1 Å². The summed E-state index contributed by atoms with van der Waals surface area (Å²) in [4.78, 5) is 0. The average Bonchev–Trinajstić information content (AvgIpc) is 2.46. The van der Waals surface area contributed by atoms with Crippen LogP contribution in [-0.4, -0.2) is 13.7 Å². The van der Waals surface area contributed by atoms with Gasteiger partial charge in [0.1, 0.15) is 0 Å². The minimum absolute atomic E-state index is 0.363. The summed E-state index contributed by atoms with van der Waals surface area (Å²) in [6, 6.07) is 19.6. The lowest BCUT2D eigenvalue weighted by molar-refractivity contribution is 0.544. The van der Waals surface area contributed by atoms with E-state index in [4.69, 9.17) is 0 Å². The first-order valence-corrected chi connectivity index (χ1v) is 6.34. The topological polar surface area (TPSA) is 24.1 Å². The molecule has 0 saturated heterocycles. The van der Waals surface area contributed by atoms with Gasteiger partial charge in [-0.15, -0.1) is 0 Å². The molecule has 0 aliphatic heterocycles. The summed E-state index contributed by atoms with van der Waals surface area (Å²) in [6.45, 7) is 3.00. The van der Waals surface area contributed by atoms with Gasteiger partial charge in [0, 0.05) is 12.7 Å². The Morgan fingerprint density at radius 1 is 0.889 bits per heavy atom. The van der Waals surface area contributed by atoms with Crippen LogP contribution in [0.25, 0.3) is 11.1 Å². The van der Waals surface area contributed by atoms with Gasteiger partial charge in [-0.3, -0.25) is 5.32 Å². The van der Waals surface area contributed by atoms with Crippen molar-refractivity contribution >= 4 is 0 Å². The maximum Gasteiger partial charge on any atom is 0.0456 e. The van der Waals surface area contributed by atoms with Crippen molar-refractivity contribution < 1.29 is 0 Å². The molecule has 2 N–H and O–H groups in total. The van der Waals surface area contributed by atoms with Gasteiger partial charge in [0.25, 0.3) is 0 Å². The smallest absolute Gasteiger partial charge is 0.0456 e. The summed E-state index contributed by atoms with van der Waals surface area (Å²) in [5.74, 6) is 0. The van der Waals surface area contributed by atoms with Crippen LogP contribution >= 0.6 is 0 Å². The molecular weight excluding hydrogens is 220 g/mol. The highest BCUT2D eigenvalue weighted by atomic mass is 15.1. The third-order valence-corrected chi connectivity index (χ3v) is 3.10. The molecule has 2 rings (SSSR count). The molecule has 0 aliphatic rings. The molecule has 1 atom stereocenters. The van der Waals surface area contributed by atoms with Crippen molar-refractivity contribution in [2.45, 2.75) is 13.0 Å². The molecule has 0 fully saturated rings. The Hall–Kier alpha value is -1.64. The Bertz CT molecular complexity index is 462. The molecule has 0 spiro atoms. The highest BCUT2D eigenvalue weighted by Crippen LogP contribution is 2.21. The Balaban J connectivity index is 2.10. The number of benzene rings is 2. The van der Waals surface area contributed by atoms with Crippen LogP contribution in [0.5, 0.6) is 0 Å². The van der Waals surface area contributed by atoms with Crippen LogP contribution in [0.4, 0.5) is 0 Å². The zero-order valence-electron chi connectivity index (χ0n) is 11.0. The quantitative estimate of drug-likeness (QED) is 0.784. The molecule has 0 bridgehead atoms. The van der Waals surface area contributed by atoms with Crippen LogP contribution in [0.2, 0.25) is 0 Å². The van der Waals surface area contributed by atoms with Gasteiger partial charge in [0.05, 0.1) is 0 Å². The Morgan fingerprint density at radius 3 is 2.11 bits per heavy atom. The zero-order valence-corrected chi connectivity index (χ0v) is 11.0. The summed E-state index contributed by atoms with van der Waals surface area (Å²) < 4.78 is 0. The third kappa shape index (κ3) is 3.19. The van der Waals surface area contributed by atoms with Crippen molar-refractivity contribution in [3.05, 3.63) is 60.2 Å². The fourth-order valence-electron chi connectivity index (χ4n) is 1.97. The van der Waals surface area contributed by atoms with E-state index in [-0.39, 0.29) is 0 Å². The van der Waals surface area contributed by atoms with Gasteiger partial charge in [-0.25, -0.2) is 0 Å². The molecule has 2 aromatic carbocycles. The molecule has 0 aliphatic carbocycles. The molecule has 0 amide bonds. The minimum atomic E-state index is 0.363. The Kier molecular flexibility index (Phi) is 4.51. The molecule has 94 valence electrons. The van der Waals surface area contributed by atoms with Gasteiger partial charge >= 0.3 is 0 Å². The van der Waals surface area contributed by atoms with Crippen molar-refractivity contribution in [2.75, 3.05) is 13.7 Å². The second-order valence-corrected chi connectivity index (χ2v) is 4.44. The molecule has 0 saturated carbocycles. The lowest BCUT2D eigenvalue weighted by atomic mass is 10.0. The highest BCUT2D eigenvalue weighted by molar-refractivity contribution is 5.63. The zero-order chi connectivity index (χ0) is 12.8. The summed E-state index contributed by atoms with van der Waals surface area (Å²) >= 11 is 0. The van der Waals surface area contributed by atoms with E-state index in [1.54, 1.807) is 0 Å².